The number of pyridine rings is 1. The van der Waals surface area contributed by atoms with Gasteiger partial charge in [-0.1, -0.05) is 0 Å². The molecule has 15 heteroatoms. The molecule has 2 atom stereocenters. The Morgan fingerprint density at radius 3 is 2.56 bits per heavy atom. The number of hydrogen-bond donors (Lipinski definition) is 2. The number of aliphatic hydroxyl groups is 1. The number of alkyl halides is 2. The number of anilines is 3. The number of likely N-dealkylation sites (tertiary alicyclic amines) is 1. The van der Waals surface area contributed by atoms with Crippen LogP contribution in [0.15, 0.2) is 42.7 Å². The third-order valence-electron chi connectivity index (χ3n) is 9.00. The lowest BCUT2D eigenvalue weighted by molar-refractivity contribution is -0.150. The molecule has 0 saturated carbocycles. The van der Waals surface area contributed by atoms with Crippen LogP contribution in [0.25, 0.3) is 11.3 Å². The third-order valence-corrected chi connectivity index (χ3v) is 9.00. The minimum absolute atomic E-state index is 0.167. The Morgan fingerprint density at radius 2 is 1.90 bits per heavy atom. The van der Waals surface area contributed by atoms with Crippen molar-refractivity contribution in [3.8, 4) is 29.0 Å². The van der Waals surface area contributed by atoms with Gasteiger partial charge in [0.2, 0.25) is 5.88 Å². The molecule has 5 heterocycles. The van der Waals surface area contributed by atoms with Gasteiger partial charge in [0, 0.05) is 63.2 Å². The molecule has 3 saturated heterocycles. The van der Waals surface area contributed by atoms with Gasteiger partial charge >= 0.3 is 0 Å². The van der Waals surface area contributed by atoms with Crippen molar-refractivity contribution in [2.75, 3.05) is 63.3 Å². The minimum atomic E-state index is -3.13. The zero-order valence-corrected chi connectivity index (χ0v) is 26.8. The molecule has 3 aliphatic heterocycles. The average Bonchev–Trinajstić information content (AvgIpc) is 3.07. The van der Waals surface area contributed by atoms with Crippen molar-refractivity contribution < 1.29 is 32.9 Å². The predicted octanol–water partition coefficient (Wildman–Crippen LogP) is 3.07. The SMILES string of the molecule is COc1nc(Nc2cc(-c3ccc(OC4CCN(C(=O)[C@H](O)C(F)F)CC4)c(C#N)c3)ncn2)ccc1N1CCN(C2COC2)C[C@@H]1C. The van der Waals surface area contributed by atoms with Crippen molar-refractivity contribution in [3.05, 3.63) is 48.3 Å². The highest BCUT2D eigenvalue weighted by Crippen LogP contribution is 2.33. The quantitative estimate of drug-likeness (QED) is 0.328. The van der Waals surface area contributed by atoms with Gasteiger partial charge in [0.05, 0.1) is 37.6 Å². The molecule has 13 nitrogen and oxygen atoms in total. The van der Waals surface area contributed by atoms with E-state index in [0.717, 1.165) is 38.5 Å². The number of ether oxygens (including phenoxy) is 3. The van der Waals surface area contributed by atoms with Crippen LogP contribution in [0.5, 0.6) is 11.6 Å². The van der Waals surface area contributed by atoms with Gasteiger partial charge in [-0.2, -0.15) is 10.2 Å². The van der Waals surface area contributed by atoms with Crippen molar-refractivity contribution in [1.29, 1.82) is 5.26 Å². The van der Waals surface area contributed by atoms with Crippen LogP contribution in [0.1, 0.15) is 25.3 Å². The second kappa shape index (κ2) is 14.6. The number of carbonyl (C=O) groups is 1. The molecule has 3 aromatic rings. The fraction of sp³-hybridized carbons (Fsp3) is 0.485. The lowest BCUT2D eigenvalue weighted by atomic mass is 10.1. The monoisotopic (exact) mass is 664 g/mol. The summed E-state index contributed by atoms with van der Waals surface area (Å²) in [6, 6.07) is 13.7. The summed E-state index contributed by atoms with van der Waals surface area (Å²) in [6.45, 7) is 6.90. The van der Waals surface area contributed by atoms with Gasteiger partial charge < -0.3 is 34.4 Å². The molecule has 2 N–H and O–H groups in total. The summed E-state index contributed by atoms with van der Waals surface area (Å²) < 4.78 is 42.6. The molecule has 3 aliphatic rings. The van der Waals surface area contributed by atoms with Crippen LogP contribution in [0.2, 0.25) is 0 Å². The van der Waals surface area contributed by atoms with E-state index >= 15 is 0 Å². The van der Waals surface area contributed by atoms with Crippen LogP contribution in [0.3, 0.4) is 0 Å². The maximum Gasteiger partial charge on any atom is 0.273 e. The maximum absolute atomic E-state index is 12.7. The molecule has 0 aliphatic carbocycles. The molecule has 48 heavy (non-hydrogen) atoms. The van der Waals surface area contributed by atoms with E-state index < -0.39 is 18.4 Å². The molecule has 0 spiro atoms. The van der Waals surface area contributed by atoms with Gasteiger partial charge in [-0.25, -0.2) is 18.7 Å². The van der Waals surface area contributed by atoms with Gasteiger partial charge in [0.25, 0.3) is 12.3 Å². The number of carbonyl (C=O) groups excluding carboxylic acids is 1. The number of piperidine rings is 1. The van der Waals surface area contributed by atoms with E-state index in [1.807, 2.05) is 12.1 Å². The zero-order valence-electron chi connectivity index (χ0n) is 26.8. The van der Waals surface area contributed by atoms with Gasteiger partial charge in [0.1, 0.15) is 41.6 Å². The van der Waals surface area contributed by atoms with Crippen LogP contribution < -0.4 is 19.7 Å². The van der Waals surface area contributed by atoms with Crippen LogP contribution in [-0.4, -0.2) is 120 Å². The summed E-state index contributed by atoms with van der Waals surface area (Å²) in [7, 11) is 1.61. The Hall–Kier alpha value is -4.65. The van der Waals surface area contributed by atoms with Crippen molar-refractivity contribution in [2.24, 2.45) is 0 Å². The number of aliphatic hydroxyl groups excluding tert-OH is 1. The van der Waals surface area contributed by atoms with E-state index in [-0.39, 0.29) is 25.2 Å². The summed E-state index contributed by atoms with van der Waals surface area (Å²) in [6.07, 6.45) is -3.61. The van der Waals surface area contributed by atoms with E-state index in [1.54, 1.807) is 31.4 Å². The number of nitrogens with zero attached hydrogens (tertiary/aromatic N) is 7. The van der Waals surface area contributed by atoms with Crippen molar-refractivity contribution >= 4 is 23.2 Å². The number of nitriles is 1. The van der Waals surface area contributed by atoms with Crippen LogP contribution in [0.4, 0.5) is 26.1 Å². The maximum atomic E-state index is 12.7. The highest BCUT2D eigenvalue weighted by Gasteiger charge is 2.34. The van der Waals surface area contributed by atoms with Crippen LogP contribution in [-0.2, 0) is 9.53 Å². The largest absolute Gasteiger partial charge is 0.489 e. The predicted molar refractivity (Wildman–Crippen MR) is 171 cm³/mol. The number of hydrogen-bond acceptors (Lipinski definition) is 12. The van der Waals surface area contributed by atoms with Gasteiger partial charge in [-0.05, 0) is 37.3 Å². The third kappa shape index (κ3) is 7.25. The second-order valence-electron chi connectivity index (χ2n) is 12.1. The number of amides is 1. The number of methoxy groups -OCH3 is 1. The number of aromatic nitrogens is 3. The first kappa shape index (κ1) is 33.3. The Morgan fingerprint density at radius 1 is 1.10 bits per heavy atom. The van der Waals surface area contributed by atoms with Crippen molar-refractivity contribution in [3.63, 3.8) is 0 Å². The van der Waals surface area contributed by atoms with E-state index in [9.17, 15) is 23.9 Å². The first-order chi connectivity index (χ1) is 23.2. The molecule has 3 fully saturated rings. The fourth-order valence-electron chi connectivity index (χ4n) is 6.24. The Labute approximate surface area is 277 Å². The number of rotatable bonds is 10. The lowest BCUT2D eigenvalue weighted by Crippen LogP contribution is -2.59. The summed E-state index contributed by atoms with van der Waals surface area (Å²) in [4.78, 5) is 31.5. The van der Waals surface area contributed by atoms with Crippen molar-refractivity contribution in [1.82, 2.24) is 24.8 Å². The molecular weight excluding hydrogens is 626 g/mol. The highest BCUT2D eigenvalue weighted by molar-refractivity contribution is 5.81. The number of nitrogens with one attached hydrogen (secondary N) is 1. The normalized spacial score (nSPS) is 19.8. The smallest absolute Gasteiger partial charge is 0.273 e. The standard InChI is InChI=1S/C33H38F2N8O5/c1-20-16-42(23-17-47-18-23)11-12-43(20)26-4-6-28(40-32(26)46-2)39-29-14-25(37-19-38-29)21-3-5-27(22(13-21)15-36)48-24-7-9-41(10-8-24)33(45)30(44)31(34)35/h3-6,13-14,19-20,23-24,30-31,44H,7-12,16-18H2,1-2H3,(H,37,38,39,40)/t20-,30+/m0/s1. The lowest BCUT2D eigenvalue weighted by Gasteiger charge is -2.46. The average molecular weight is 665 g/mol. The first-order valence-electron chi connectivity index (χ1n) is 15.9. The summed E-state index contributed by atoms with van der Waals surface area (Å²) in [5, 5.41) is 22.5. The first-order valence-corrected chi connectivity index (χ1v) is 15.9. The molecule has 2 aromatic heterocycles. The number of benzene rings is 1. The number of piperazine rings is 1. The topological polar surface area (TPSA) is 149 Å². The minimum Gasteiger partial charge on any atom is -0.489 e. The second-order valence-corrected chi connectivity index (χ2v) is 12.1. The van der Waals surface area contributed by atoms with Gasteiger partial charge in [-0.15, -0.1) is 0 Å². The summed E-state index contributed by atoms with van der Waals surface area (Å²) in [5.74, 6) is 0.949. The Kier molecular flexibility index (Phi) is 10.1. The highest BCUT2D eigenvalue weighted by atomic mass is 19.3. The molecule has 0 radical (unpaired) electrons. The number of halogens is 2. The molecule has 6 rings (SSSR count). The van der Waals surface area contributed by atoms with Crippen LogP contribution in [0, 0.1) is 11.3 Å². The molecule has 0 bridgehead atoms. The molecule has 1 amide bonds. The van der Waals surface area contributed by atoms with E-state index in [2.05, 4.69) is 38.1 Å². The van der Waals surface area contributed by atoms with Gasteiger partial charge in [-0.3, -0.25) is 9.69 Å². The Bertz CT molecular complexity index is 1650. The van der Waals surface area contributed by atoms with E-state index in [1.165, 1.54) is 11.2 Å². The summed E-state index contributed by atoms with van der Waals surface area (Å²) >= 11 is 0. The van der Waals surface area contributed by atoms with Crippen LogP contribution >= 0.6 is 0 Å². The molecule has 1 aromatic carbocycles. The van der Waals surface area contributed by atoms with E-state index in [0.29, 0.717) is 59.0 Å². The summed E-state index contributed by atoms with van der Waals surface area (Å²) in [5.41, 5.74) is 2.48. The Balaban J connectivity index is 1.09. The zero-order chi connectivity index (χ0) is 33.8. The molecule has 254 valence electrons. The van der Waals surface area contributed by atoms with Crippen molar-refractivity contribution in [2.45, 2.75) is 50.5 Å². The fourth-order valence-corrected chi connectivity index (χ4v) is 6.24. The molecular formula is C33H38F2N8O5. The molecule has 0 unspecified atom stereocenters. The van der Waals surface area contributed by atoms with E-state index in [4.69, 9.17) is 19.2 Å². The van der Waals surface area contributed by atoms with Gasteiger partial charge in [0.15, 0.2) is 6.10 Å².